The van der Waals surface area contributed by atoms with E-state index in [9.17, 15) is 50.4 Å². The molecule has 0 saturated carbocycles. The SMILES string of the molecule is CC(=O)N[C@H]1[C@H]([C@H](O)[C@H](O)CO)O[C@](O[C@H]2O[C@H](CO)[C@@H](O)[C@H](O)[C@H]2O)(C(=O)O)C[C@@H]1O. The number of hydrogen-bond acceptors (Lipinski definition) is 13. The lowest BCUT2D eigenvalue weighted by Crippen LogP contribution is -2.69. The van der Waals surface area contributed by atoms with Crippen molar-refractivity contribution in [3.8, 4) is 0 Å². The van der Waals surface area contributed by atoms with Crippen molar-refractivity contribution >= 4 is 11.9 Å². The maximum atomic E-state index is 12.1. The van der Waals surface area contributed by atoms with E-state index in [4.69, 9.17) is 19.3 Å². The molecule has 2 heterocycles. The Balaban J connectivity index is 2.39. The lowest BCUT2D eigenvalue weighted by molar-refractivity contribution is -0.387. The quantitative estimate of drug-likeness (QED) is 0.158. The zero-order chi connectivity index (χ0) is 24.4. The number of aliphatic hydroxyl groups excluding tert-OH is 8. The summed E-state index contributed by atoms with van der Waals surface area (Å²) in [4.78, 5) is 23.6. The Hall–Kier alpha value is -1.50. The van der Waals surface area contributed by atoms with E-state index < -0.39 is 98.5 Å². The van der Waals surface area contributed by atoms with Crippen LogP contribution in [0.2, 0.25) is 0 Å². The van der Waals surface area contributed by atoms with Gasteiger partial charge in [-0.15, -0.1) is 0 Å². The van der Waals surface area contributed by atoms with Crippen molar-refractivity contribution in [1.82, 2.24) is 5.32 Å². The van der Waals surface area contributed by atoms with Crippen LogP contribution >= 0.6 is 0 Å². The zero-order valence-electron chi connectivity index (χ0n) is 17.0. The smallest absolute Gasteiger partial charge is 0.364 e. The molecule has 0 spiro atoms. The van der Waals surface area contributed by atoms with Gasteiger partial charge in [0.2, 0.25) is 5.91 Å². The summed E-state index contributed by atoms with van der Waals surface area (Å²) < 4.78 is 15.7. The van der Waals surface area contributed by atoms with Gasteiger partial charge in [0.25, 0.3) is 5.79 Å². The summed E-state index contributed by atoms with van der Waals surface area (Å²) in [5, 5.41) is 91.0. The largest absolute Gasteiger partial charge is 0.477 e. The summed E-state index contributed by atoms with van der Waals surface area (Å²) in [6.45, 7) is -0.733. The molecular weight excluding hydrogens is 442 g/mol. The third-order valence-corrected chi connectivity index (χ3v) is 5.34. The van der Waals surface area contributed by atoms with Crippen LogP contribution in [0.25, 0.3) is 0 Å². The van der Waals surface area contributed by atoms with Crippen molar-refractivity contribution in [3.63, 3.8) is 0 Å². The summed E-state index contributed by atoms with van der Waals surface area (Å²) in [6.07, 6.45) is -17.4. The molecule has 10 N–H and O–H groups in total. The molecule has 0 unspecified atom stereocenters. The first-order valence-corrected chi connectivity index (χ1v) is 9.70. The van der Waals surface area contributed by atoms with Gasteiger partial charge in [-0.05, 0) is 0 Å². The predicted molar refractivity (Wildman–Crippen MR) is 97.4 cm³/mol. The summed E-state index contributed by atoms with van der Waals surface area (Å²) in [5.74, 6) is -5.40. The minimum atomic E-state index is -2.84. The van der Waals surface area contributed by atoms with Crippen molar-refractivity contribution in [2.45, 2.75) is 80.3 Å². The molecule has 2 saturated heterocycles. The highest BCUT2D eigenvalue weighted by molar-refractivity contribution is 5.76. The molecule has 0 radical (unpaired) electrons. The van der Waals surface area contributed by atoms with Crippen LogP contribution < -0.4 is 5.32 Å². The molecule has 2 aliphatic heterocycles. The van der Waals surface area contributed by atoms with Gasteiger partial charge in [-0.1, -0.05) is 0 Å². The topological polar surface area (TPSA) is 256 Å². The number of nitrogens with one attached hydrogen (secondary N) is 1. The second kappa shape index (κ2) is 10.6. The monoisotopic (exact) mass is 471 g/mol. The van der Waals surface area contributed by atoms with Crippen LogP contribution in [0, 0.1) is 0 Å². The van der Waals surface area contributed by atoms with Crippen LogP contribution in [0.4, 0.5) is 0 Å². The summed E-state index contributed by atoms with van der Waals surface area (Å²) >= 11 is 0. The van der Waals surface area contributed by atoms with Crippen molar-refractivity contribution < 1.29 is 69.8 Å². The molecule has 2 aliphatic rings. The Kier molecular flexibility index (Phi) is 8.88. The Morgan fingerprint density at radius 1 is 1.12 bits per heavy atom. The highest BCUT2D eigenvalue weighted by Crippen LogP contribution is 2.36. The van der Waals surface area contributed by atoms with Crippen molar-refractivity contribution in [1.29, 1.82) is 0 Å². The molecule has 0 aliphatic carbocycles. The van der Waals surface area contributed by atoms with Crippen molar-refractivity contribution in [3.05, 3.63) is 0 Å². The lowest BCUT2D eigenvalue weighted by atomic mass is 9.88. The average Bonchev–Trinajstić information content (AvgIpc) is 2.74. The van der Waals surface area contributed by atoms with Crippen LogP contribution in [0.5, 0.6) is 0 Å². The Labute approximate surface area is 181 Å². The summed E-state index contributed by atoms with van der Waals surface area (Å²) in [6, 6.07) is -1.44. The number of amides is 1. The second-order valence-electron chi connectivity index (χ2n) is 7.69. The molecule has 186 valence electrons. The normalized spacial score (nSPS) is 42.2. The highest BCUT2D eigenvalue weighted by Gasteiger charge is 2.58. The molecule has 11 atom stereocenters. The molecule has 0 aromatic rings. The van der Waals surface area contributed by atoms with E-state index in [2.05, 4.69) is 5.32 Å². The maximum absolute atomic E-state index is 12.1. The number of ether oxygens (including phenoxy) is 3. The molecule has 0 aromatic carbocycles. The minimum absolute atomic E-state index is 0.689. The van der Waals surface area contributed by atoms with E-state index in [-0.39, 0.29) is 0 Å². The van der Waals surface area contributed by atoms with E-state index in [0.29, 0.717) is 0 Å². The lowest BCUT2D eigenvalue weighted by Gasteiger charge is -2.49. The first kappa shape index (κ1) is 26.7. The Morgan fingerprint density at radius 2 is 1.75 bits per heavy atom. The van der Waals surface area contributed by atoms with Crippen molar-refractivity contribution in [2.24, 2.45) is 0 Å². The van der Waals surface area contributed by atoms with Crippen LogP contribution in [0.1, 0.15) is 13.3 Å². The third kappa shape index (κ3) is 5.35. The summed E-state index contributed by atoms with van der Waals surface area (Å²) in [5.41, 5.74) is 0. The van der Waals surface area contributed by atoms with E-state index in [0.717, 1.165) is 6.92 Å². The first-order chi connectivity index (χ1) is 14.9. The standard InChI is InChI=1S/C17H29NO14/c1-5(21)18-9-6(22)2-17(16(28)29,31-14(9)10(24)7(23)3-19)32-15-13(27)12(26)11(25)8(4-20)30-15/h6-15,19-20,22-27H,2-4H2,1H3,(H,18,21)(H,28,29)/t6-,7+,8+,9+,10+,11+,12-,13+,14+,15+,17+/m0/s1. The molecule has 32 heavy (non-hydrogen) atoms. The number of rotatable bonds is 8. The van der Waals surface area contributed by atoms with E-state index in [1.807, 2.05) is 0 Å². The van der Waals surface area contributed by atoms with Gasteiger partial charge >= 0.3 is 5.97 Å². The molecule has 15 heteroatoms. The molecule has 0 aromatic heterocycles. The number of hydrogen-bond donors (Lipinski definition) is 10. The van der Waals surface area contributed by atoms with Gasteiger partial charge in [0.05, 0.1) is 25.4 Å². The maximum Gasteiger partial charge on any atom is 0.364 e. The Morgan fingerprint density at radius 3 is 2.25 bits per heavy atom. The van der Waals surface area contributed by atoms with Gasteiger partial charge < -0.3 is 65.5 Å². The minimum Gasteiger partial charge on any atom is -0.477 e. The fraction of sp³-hybridized carbons (Fsp3) is 0.882. The first-order valence-electron chi connectivity index (χ1n) is 9.70. The van der Waals surface area contributed by atoms with Gasteiger partial charge in [0.1, 0.15) is 42.7 Å². The van der Waals surface area contributed by atoms with Gasteiger partial charge in [-0.25, -0.2) is 4.79 Å². The van der Waals surface area contributed by atoms with E-state index in [1.54, 1.807) is 0 Å². The number of aliphatic carboxylic acids is 1. The van der Waals surface area contributed by atoms with E-state index in [1.165, 1.54) is 0 Å². The van der Waals surface area contributed by atoms with Crippen LogP contribution in [-0.2, 0) is 23.8 Å². The zero-order valence-corrected chi connectivity index (χ0v) is 17.0. The molecule has 2 fully saturated rings. The average molecular weight is 471 g/mol. The van der Waals surface area contributed by atoms with Crippen LogP contribution in [-0.4, -0.2) is 138 Å². The number of carbonyl (C=O) groups excluding carboxylic acids is 1. The Bertz CT molecular complexity index is 663. The fourth-order valence-electron chi connectivity index (χ4n) is 3.60. The third-order valence-electron chi connectivity index (χ3n) is 5.34. The number of carbonyl (C=O) groups is 2. The molecule has 15 nitrogen and oxygen atoms in total. The molecule has 0 bridgehead atoms. The van der Waals surface area contributed by atoms with Crippen molar-refractivity contribution in [2.75, 3.05) is 13.2 Å². The predicted octanol–water partition coefficient (Wildman–Crippen LogP) is -6.05. The van der Waals surface area contributed by atoms with Gasteiger partial charge in [-0.2, -0.15) is 0 Å². The van der Waals surface area contributed by atoms with Gasteiger partial charge in [-0.3, -0.25) is 4.79 Å². The van der Waals surface area contributed by atoms with Gasteiger partial charge in [0, 0.05) is 13.3 Å². The van der Waals surface area contributed by atoms with Crippen LogP contribution in [0.15, 0.2) is 0 Å². The molecule has 2 rings (SSSR count). The number of carboxylic acid groups (broad SMARTS) is 1. The summed E-state index contributed by atoms with van der Waals surface area (Å²) in [7, 11) is 0. The molecule has 1 amide bonds. The highest BCUT2D eigenvalue weighted by atomic mass is 16.8. The second-order valence-corrected chi connectivity index (χ2v) is 7.69. The number of carboxylic acids is 1. The fourth-order valence-corrected chi connectivity index (χ4v) is 3.60. The number of aliphatic hydroxyl groups is 8. The van der Waals surface area contributed by atoms with Gasteiger partial charge in [0.15, 0.2) is 6.29 Å². The van der Waals surface area contributed by atoms with Crippen LogP contribution in [0.3, 0.4) is 0 Å². The molecular formula is C17H29NO14. The van der Waals surface area contributed by atoms with E-state index >= 15 is 0 Å².